The minimum atomic E-state index is 0.245. The molecule has 0 aliphatic rings. The average molecular weight is 234 g/mol. The van der Waals surface area contributed by atoms with Gasteiger partial charge in [-0.05, 0) is 33.1 Å². The van der Waals surface area contributed by atoms with Crippen molar-refractivity contribution >= 4 is 0 Å². The van der Waals surface area contributed by atoms with Gasteiger partial charge >= 0.3 is 0 Å². The molecule has 0 saturated carbocycles. The van der Waals surface area contributed by atoms with E-state index in [2.05, 4.69) is 6.92 Å². The lowest BCUT2D eigenvalue weighted by Crippen LogP contribution is -2.13. The Kier molecular flexibility index (Phi) is 12.8. The number of unbranched alkanes of at least 4 members (excludes halogenated alkanes) is 1. The van der Waals surface area contributed by atoms with Crippen LogP contribution in [0, 0.1) is 0 Å². The predicted octanol–water partition coefficient (Wildman–Crippen LogP) is 1.61. The lowest BCUT2D eigenvalue weighted by Gasteiger charge is -2.11. The lowest BCUT2D eigenvalue weighted by molar-refractivity contribution is 0.0152. The van der Waals surface area contributed by atoms with Gasteiger partial charge in [0.2, 0.25) is 0 Å². The van der Waals surface area contributed by atoms with E-state index < -0.39 is 0 Å². The number of hydrogen-bond acceptors (Lipinski definition) is 4. The Balaban J connectivity index is 2.98. The minimum Gasteiger partial charge on any atom is -0.396 e. The van der Waals surface area contributed by atoms with Crippen molar-refractivity contribution in [3.63, 3.8) is 0 Å². The standard InChI is InChI=1S/C12H26O4/c1-3-16-12(2)6-9-15-11-10-14-8-5-4-7-13/h12-13H,3-11H2,1-2H3. The zero-order valence-corrected chi connectivity index (χ0v) is 10.6. The maximum Gasteiger partial charge on any atom is 0.0700 e. The van der Waals surface area contributed by atoms with Crippen LogP contribution in [-0.4, -0.2) is 50.9 Å². The van der Waals surface area contributed by atoms with Gasteiger partial charge in [-0.1, -0.05) is 0 Å². The van der Waals surface area contributed by atoms with Gasteiger partial charge in [0.05, 0.1) is 19.3 Å². The van der Waals surface area contributed by atoms with Gasteiger partial charge in [-0.15, -0.1) is 0 Å². The number of aliphatic hydroxyl groups is 1. The fourth-order valence-corrected chi connectivity index (χ4v) is 1.26. The van der Waals surface area contributed by atoms with Crippen LogP contribution in [0.15, 0.2) is 0 Å². The van der Waals surface area contributed by atoms with Crippen molar-refractivity contribution in [2.75, 3.05) is 39.6 Å². The number of rotatable bonds is 12. The molecule has 0 saturated heterocycles. The fourth-order valence-electron chi connectivity index (χ4n) is 1.26. The molecule has 0 aromatic rings. The first-order valence-electron chi connectivity index (χ1n) is 6.19. The summed E-state index contributed by atoms with van der Waals surface area (Å²) >= 11 is 0. The van der Waals surface area contributed by atoms with Crippen LogP contribution >= 0.6 is 0 Å². The van der Waals surface area contributed by atoms with Crippen LogP contribution in [0.25, 0.3) is 0 Å². The Bertz CT molecular complexity index is 130. The van der Waals surface area contributed by atoms with Crippen LogP contribution in [0.5, 0.6) is 0 Å². The van der Waals surface area contributed by atoms with Crippen molar-refractivity contribution in [1.29, 1.82) is 0 Å². The second kappa shape index (κ2) is 12.9. The van der Waals surface area contributed by atoms with Crippen molar-refractivity contribution < 1.29 is 19.3 Å². The maximum absolute atomic E-state index is 8.54. The Hall–Kier alpha value is -0.160. The molecule has 0 spiro atoms. The van der Waals surface area contributed by atoms with E-state index in [4.69, 9.17) is 19.3 Å². The quantitative estimate of drug-likeness (QED) is 0.521. The Morgan fingerprint density at radius 1 is 1.00 bits per heavy atom. The zero-order chi connectivity index (χ0) is 12.1. The SMILES string of the molecule is CCOC(C)CCOCCOCCCCO. The molecule has 16 heavy (non-hydrogen) atoms. The molecule has 0 aromatic heterocycles. The van der Waals surface area contributed by atoms with Gasteiger partial charge in [-0.3, -0.25) is 0 Å². The Morgan fingerprint density at radius 2 is 1.69 bits per heavy atom. The van der Waals surface area contributed by atoms with Crippen LogP contribution in [0.3, 0.4) is 0 Å². The van der Waals surface area contributed by atoms with Crippen LogP contribution in [0.1, 0.15) is 33.1 Å². The Morgan fingerprint density at radius 3 is 2.31 bits per heavy atom. The fraction of sp³-hybridized carbons (Fsp3) is 1.00. The summed E-state index contributed by atoms with van der Waals surface area (Å²) in [5, 5.41) is 8.54. The normalized spacial score (nSPS) is 12.9. The van der Waals surface area contributed by atoms with Gasteiger partial charge in [-0.2, -0.15) is 0 Å². The molecule has 0 aromatic carbocycles. The third kappa shape index (κ3) is 11.9. The highest BCUT2D eigenvalue weighted by Crippen LogP contribution is 1.97. The van der Waals surface area contributed by atoms with E-state index in [0.717, 1.165) is 32.5 Å². The molecule has 4 nitrogen and oxygen atoms in total. The molecule has 1 unspecified atom stereocenters. The second-order valence-corrected chi connectivity index (χ2v) is 3.71. The molecule has 0 aliphatic carbocycles. The van der Waals surface area contributed by atoms with Gasteiger partial charge in [0.1, 0.15) is 0 Å². The number of aliphatic hydroxyl groups excluding tert-OH is 1. The molecule has 1 atom stereocenters. The smallest absolute Gasteiger partial charge is 0.0700 e. The molecule has 0 aliphatic heterocycles. The topological polar surface area (TPSA) is 47.9 Å². The molecule has 98 valence electrons. The zero-order valence-electron chi connectivity index (χ0n) is 10.6. The van der Waals surface area contributed by atoms with Crippen molar-refractivity contribution in [1.82, 2.24) is 0 Å². The van der Waals surface area contributed by atoms with Gasteiger partial charge in [-0.25, -0.2) is 0 Å². The Labute approximate surface area is 98.9 Å². The largest absolute Gasteiger partial charge is 0.396 e. The van der Waals surface area contributed by atoms with Crippen LogP contribution < -0.4 is 0 Å². The predicted molar refractivity (Wildman–Crippen MR) is 63.7 cm³/mol. The molecule has 1 N–H and O–H groups in total. The first-order valence-corrected chi connectivity index (χ1v) is 6.19. The molecule has 0 fully saturated rings. The van der Waals surface area contributed by atoms with Crippen molar-refractivity contribution in [2.24, 2.45) is 0 Å². The van der Waals surface area contributed by atoms with E-state index in [-0.39, 0.29) is 12.7 Å². The van der Waals surface area contributed by atoms with Crippen molar-refractivity contribution in [3.8, 4) is 0 Å². The molecule has 0 heterocycles. The summed E-state index contributed by atoms with van der Waals surface area (Å²) in [7, 11) is 0. The number of ether oxygens (including phenoxy) is 3. The van der Waals surface area contributed by atoms with Crippen LogP contribution in [0.2, 0.25) is 0 Å². The van der Waals surface area contributed by atoms with Gasteiger partial charge in [0, 0.05) is 26.4 Å². The van der Waals surface area contributed by atoms with Crippen molar-refractivity contribution in [2.45, 2.75) is 39.2 Å². The maximum atomic E-state index is 8.54. The van der Waals surface area contributed by atoms with Crippen LogP contribution in [0.4, 0.5) is 0 Å². The van der Waals surface area contributed by atoms with Crippen LogP contribution in [-0.2, 0) is 14.2 Å². The average Bonchev–Trinajstić information content (AvgIpc) is 2.27. The molecule has 0 amide bonds. The van der Waals surface area contributed by atoms with E-state index in [1.165, 1.54) is 0 Å². The monoisotopic (exact) mass is 234 g/mol. The summed E-state index contributed by atoms with van der Waals surface area (Å²) in [5.74, 6) is 0. The highest BCUT2D eigenvalue weighted by molar-refractivity contribution is 4.48. The highest BCUT2D eigenvalue weighted by atomic mass is 16.5. The summed E-state index contributed by atoms with van der Waals surface area (Å²) in [6.45, 7) is 7.76. The van der Waals surface area contributed by atoms with Crippen molar-refractivity contribution in [3.05, 3.63) is 0 Å². The molecular formula is C12H26O4. The van der Waals surface area contributed by atoms with E-state index in [1.54, 1.807) is 0 Å². The first kappa shape index (κ1) is 15.8. The minimum absolute atomic E-state index is 0.245. The third-order valence-corrected chi connectivity index (χ3v) is 2.19. The van der Waals surface area contributed by atoms with E-state index in [0.29, 0.717) is 19.8 Å². The summed E-state index contributed by atoms with van der Waals surface area (Å²) in [6, 6.07) is 0. The molecule has 0 radical (unpaired) electrons. The summed E-state index contributed by atoms with van der Waals surface area (Å²) in [5.41, 5.74) is 0. The summed E-state index contributed by atoms with van der Waals surface area (Å²) in [6.07, 6.45) is 2.93. The molecule has 0 rings (SSSR count). The number of hydrogen-bond donors (Lipinski definition) is 1. The summed E-state index contributed by atoms with van der Waals surface area (Å²) in [4.78, 5) is 0. The molecular weight excluding hydrogens is 208 g/mol. The molecule has 0 bridgehead atoms. The van der Waals surface area contributed by atoms with Gasteiger partial charge in [0.15, 0.2) is 0 Å². The summed E-state index contributed by atoms with van der Waals surface area (Å²) < 4.78 is 16.1. The van der Waals surface area contributed by atoms with E-state index in [9.17, 15) is 0 Å². The lowest BCUT2D eigenvalue weighted by atomic mass is 10.3. The molecule has 4 heteroatoms. The van der Waals surface area contributed by atoms with E-state index in [1.807, 2.05) is 6.92 Å². The first-order chi connectivity index (χ1) is 7.81. The second-order valence-electron chi connectivity index (χ2n) is 3.71. The highest BCUT2D eigenvalue weighted by Gasteiger charge is 1.99. The van der Waals surface area contributed by atoms with Gasteiger partial charge < -0.3 is 19.3 Å². The third-order valence-electron chi connectivity index (χ3n) is 2.19. The van der Waals surface area contributed by atoms with E-state index >= 15 is 0 Å². The van der Waals surface area contributed by atoms with Gasteiger partial charge in [0.25, 0.3) is 0 Å².